The topological polar surface area (TPSA) is 84.5 Å². The number of methoxy groups -OCH3 is 1. The van der Waals surface area contributed by atoms with Crippen LogP contribution in [0.15, 0.2) is 82.6 Å². The first-order chi connectivity index (χ1) is 15.3. The Morgan fingerprint density at radius 2 is 1.78 bits per heavy atom. The lowest BCUT2D eigenvalue weighted by Gasteiger charge is -2.19. The number of thioether (sulfide) groups is 1. The molecule has 0 saturated carbocycles. The molecule has 6 nitrogen and oxygen atoms in total. The summed E-state index contributed by atoms with van der Waals surface area (Å²) in [5, 5.41) is 2.84. The van der Waals surface area contributed by atoms with Gasteiger partial charge in [-0.15, -0.1) is 11.8 Å². The van der Waals surface area contributed by atoms with Crippen molar-refractivity contribution in [1.82, 2.24) is 4.72 Å². The van der Waals surface area contributed by atoms with Crippen molar-refractivity contribution >= 4 is 33.4 Å². The van der Waals surface area contributed by atoms with Crippen molar-refractivity contribution in [3.05, 3.63) is 83.9 Å². The van der Waals surface area contributed by atoms with E-state index >= 15 is 0 Å². The van der Waals surface area contributed by atoms with Gasteiger partial charge in [-0.05, 0) is 67.1 Å². The number of anilines is 1. The summed E-state index contributed by atoms with van der Waals surface area (Å²) in [7, 11) is -2.42. The number of aryl methyl sites for hydroxylation is 1. The van der Waals surface area contributed by atoms with Gasteiger partial charge in [-0.25, -0.2) is 8.42 Å². The minimum absolute atomic E-state index is 0.0750. The van der Waals surface area contributed by atoms with Gasteiger partial charge in [0.05, 0.1) is 12.0 Å². The van der Waals surface area contributed by atoms with Crippen LogP contribution >= 0.6 is 11.8 Å². The molecule has 0 aromatic heterocycles. The zero-order chi connectivity index (χ0) is 23.1. The van der Waals surface area contributed by atoms with Crippen molar-refractivity contribution < 1.29 is 17.9 Å². The van der Waals surface area contributed by atoms with Crippen LogP contribution in [0.5, 0.6) is 5.75 Å². The molecule has 1 atom stereocenters. The van der Waals surface area contributed by atoms with Gasteiger partial charge in [-0.1, -0.05) is 36.4 Å². The first-order valence-corrected chi connectivity index (χ1v) is 12.7. The van der Waals surface area contributed by atoms with Crippen molar-refractivity contribution in [2.75, 3.05) is 18.7 Å². The van der Waals surface area contributed by atoms with Gasteiger partial charge in [0.15, 0.2) is 0 Å². The molecule has 0 bridgehead atoms. The van der Waals surface area contributed by atoms with Crippen molar-refractivity contribution in [1.29, 1.82) is 0 Å². The summed E-state index contributed by atoms with van der Waals surface area (Å²) >= 11 is 1.56. The molecule has 1 unspecified atom stereocenters. The molecule has 32 heavy (non-hydrogen) atoms. The molecule has 0 spiro atoms. The van der Waals surface area contributed by atoms with E-state index in [1.165, 1.54) is 19.2 Å². The highest BCUT2D eigenvalue weighted by Crippen LogP contribution is 2.22. The second-order valence-corrected chi connectivity index (χ2v) is 9.81. The van der Waals surface area contributed by atoms with Gasteiger partial charge in [0.25, 0.3) is 0 Å². The largest absolute Gasteiger partial charge is 0.496 e. The van der Waals surface area contributed by atoms with Crippen molar-refractivity contribution in [3.63, 3.8) is 0 Å². The standard InChI is InChI=1S/C24H26N2O4S2/c1-17-14-21(12-13-23(17)30-2)32(28,29)26-22(15-18-8-5-4-6-9-18)24(27)25-19-10-7-11-20(16-19)31-3/h4-14,16,22,26H,15H2,1-3H3,(H,25,27). The maximum absolute atomic E-state index is 13.1. The molecule has 3 aromatic rings. The number of carbonyl (C=O) groups is 1. The Kier molecular flexibility index (Phi) is 7.95. The average molecular weight is 471 g/mol. The zero-order valence-electron chi connectivity index (χ0n) is 18.2. The summed E-state index contributed by atoms with van der Waals surface area (Å²) in [6.45, 7) is 1.77. The fourth-order valence-corrected chi connectivity index (χ4v) is 4.98. The maximum atomic E-state index is 13.1. The molecule has 2 N–H and O–H groups in total. The van der Waals surface area contributed by atoms with Crippen LogP contribution in [0.2, 0.25) is 0 Å². The van der Waals surface area contributed by atoms with Gasteiger partial charge >= 0.3 is 0 Å². The summed E-state index contributed by atoms with van der Waals surface area (Å²) in [5.41, 5.74) is 2.15. The van der Waals surface area contributed by atoms with E-state index in [0.717, 1.165) is 10.5 Å². The molecule has 0 aliphatic carbocycles. The number of benzene rings is 3. The van der Waals surface area contributed by atoms with Gasteiger partial charge in [0.2, 0.25) is 15.9 Å². The molecule has 3 rings (SSSR count). The number of sulfonamides is 1. The van der Waals surface area contributed by atoms with Crippen LogP contribution in [0, 0.1) is 6.92 Å². The van der Waals surface area contributed by atoms with E-state index in [-0.39, 0.29) is 11.3 Å². The third-order valence-corrected chi connectivity index (χ3v) is 7.11. The Hall–Kier alpha value is -2.81. The quantitative estimate of drug-likeness (QED) is 0.457. The molecule has 0 fully saturated rings. The summed E-state index contributed by atoms with van der Waals surface area (Å²) < 4.78 is 34.0. The van der Waals surface area contributed by atoms with Gasteiger partial charge in [0.1, 0.15) is 11.8 Å². The molecular weight excluding hydrogens is 444 g/mol. The molecule has 0 heterocycles. The second-order valence-electron chi connectivity index (χ2n) is 7.22. The lowest BCUT2D eigenvalue weighted by atomic mass is 10.1. The molecule has 0 aliphatic heterocycles. The highest BCUT2D eigenvalue weighted by atomic mass is 32.2. The molecule has 1 amide bonds. The number of amides is 1. The van der Waals surface area contributed by atoms with E-state index in [0.29, 0.717) is 17.0 Å². The Bertz CT molecular complexity index is 1180. The van der Waals surface area contributed by atoms with E-state index < -0.39 is 22.0 Å². The van der Waals surface area contributed by atoms with Crippen LogP contribution in [0.1, 0.15) is 11.1 Å². The van der Waals surface area contributed by atoms with E-state index in [2.05, 4.69) is 10.0 Å². The fraction of sp³-hybridized carbons (Fsp3) is 0.208. The first kappa shape index (κ1) is 23.8. The SMILES string of the molecule is COc1ccc(S(=O)(=O)NC(Cc2ccccc2)C(=O)Nc2cccc(SC)c2)cc1C. The van der Waals surface area contributed by atoms with E-state index in [4.69, 9.17) is 4.74 Å². The van der Waals surface area contributed by atoms with Gasteiger partial charge in [-0.3, -0.25) is 4.79 Å². The molecule has 168 valence electrons. The van der Waals surface area contributed by atoms with Crippen LogP contribution in [0.25, 0.3) is 0 Å². The van der Waals surface area contributed by atoms with Crippen LogP contribution in [-0.4, -0.2) is 33.7 Å². The lowest BCUT2D eigenvalue weighted by molar-refractivity contribution is -0.117. The van der Waals surface area contributed by atoms with Crippen molar-refractivity contribution in [3.8, 4) is 5.75 Å². The fourth-order valence-electron chi connectivity index (χ4n) is 3.24. The van der Waals surface area contributed by atoms with E-state index in [9.17, 15) is 13.2 Å². The van der Waals surface area contributed by atoms with E-state index in [1.54, 1.807) is 30.8 Å². The molecular formula is C24H26N2O4S2. The highest BCUT2D eigenvalue weighted by molar-refractivity contribution is 7.98. The lowest BCUT2D eigenvalue weighted by Crippen LogP contribution is -2.45. The Labute approximate surface area is 193 Å². The second kappa shape index (κ2) is 10.7. The number of rotatable bonds is 9. The van der Waals surface area contributed by atoms with Gasteiger partial charge in [-0.2, -0.15) is 4.72 Å². The number of carbonyl (C=O) groups excluding carboxylic acids is 1. The van der Waals surface area contributed by atoms with Crippen molar-refractivity contribution in [2.24, 2.45) is 0 Å². The molecule has 8 heteroatoms. The maximum Gasteiger partial charge on any atom is 0.242 e. The molecule has 3 aromatic carbocycles. The molecule has 0 radical (unpaired) electrons. The third-order valence-electron chi connectivity index (χ3n) is 4.91. The average Bonchev–Trinajstić information content (AvgIpc) is 2.79. The predicted octanol–water partition coefficient (Wildman–Crippen LogP) is 4.25. The third kappa shape index (κ3) is 6.12. The summed E-state index contributed by atoms with van der Waals surface area (Å²) in [5.74, 6) is 0.164. The van der Waals surface area contributed by atoms with Crippen LogP contribution < -0.4 is 14.8 Å². The highest BCUT2D eigenvalue weighted by Gasteiger charge is 2.26. The number of hydrogen-bond donors (Lipinski definition) is 2. The number of hydrogen-bond acceptors (Lipinski definition) is 5. The summed E-state index contributed by atoms with van der Waals surface area (Å²) in [6.07, 6.45) is 2.16. The number of ether oxygens (including phenoxy) is 1. The van der Waals surface area contributed by atoms with Gasteiger partial charge < -0.3 is 10.1 Å². The number of nitrogens with one attached hydrogen (secondary N) is 2. The van der Waals surface area contributed by atoms with Gasteiger partial charge in [0, 0.05) is 10.6 Å². The van der Waals surface area contributed by atoms with E-state index in [1.807, 2.05) is 54.8 Å². The smallest absolute Gasteiger partial charge is 0.242 e. The Morgan fingerprint density at radius 3 is 2.44 bits per heavy atom. The van der Waals surface area contributed by atoms with Crippen LogP contribution in [0.4, 0.5) is 5.69 Å². The zero-order valence-corrected chi connectivity index (χ0v) is 19.8. The van der Waals surface area contributed by atoms with Crippen molar-refractivity contribution in [2.45, 2.75) is 29.2 Å². The Balaban J connectivity index is 1.88. The van der Waals surface area contributed by atoms with Crippen LogP contribution in [-0.2, 0) is 21.2 Å². The summed E-state index contributed by atoms with van der Waals surface area (Å²) in [4.78, 5) is 14.2. The van der Waals surface area contributed by atoms with Crippen LogP contribution in [0.3, 0.4) is 0 Å². The summed E-state index contributed by atoms with van der Waals surface area (Å²) in [6, 6.07) is 20.3. The Morgan fingerprint density at radius 1 is 1.03 bits per heavy atom. The minimum atomic E-state index is -3.95. The molecule has 0 aliphatic rings. The first-order valence-electron chi connectivity index (χ1n) is 9.98. The molecule has 0 saturated heterocycles. The minimum Gasteiger partial charge on any atom is -0.496 e. The normalized spacial score (nSPS) is 12.2. The predicted molar refractivity (Wildman–Crippen MR) is 129 cm³/mol. The monoisotopic (exact) mass is 470 g/mol.